The van der Waals surface area contributed by atoms with Gasteiger partial charge in [-0.3, -0.25) is 0 Å². The molecule has 2 atom stereocenters. The van der Waals surface area contributed by atoms with Crippen molar-refractivity contribution in [1.82, 2.24) is 0 Å². The van der Waals surface area contributed by atoms with E-state index in [0.717, 1.165) is 11.8 Å². The molecule has 0 bridgehead atoms. The zero-order valence-electron chi connectivity index (χ0n) is 18.6. The van der Waals surface area contributed by atoms with Crippen LogP contribution in [0.2, 0.25) is 0 Å². The summed E-state index contributed by atoms with van der Waals surface area (Å²) in [6.07, 6.45) is 27.7. The Balaban J connectivity index is 3.95. The van der Waals surface area contributed by atoms with Crippen LogP contribution in [0, 0.1) is 11.8 Å². The summed E-state index contributed by atoms with van der Waals surface area (Å²) in [7, 11) is 0. The first-order chi connectivity index (χ1) is 12.3. The lowest BCUT2D eigenvalue weighted by atomic mass is 9.82. The molecule has 0 aliphatic carbocycles. The predicted octanol–water partition coefficient (Wildman–Crippen LogP) is 9.71. The summed E-state index contributed by atoms with van der Waals surface area (Å²) in [5.41, 5.74) is 0. The largest absolute Gasteiger partial charge is 0.0654 e. The van der Waals surface area contributed by atoms with Crippen LogP contribution >= 0.6 is 0 Å². The third-order valence-electron chi connectivity index (χ3n) is 6.17. The van der Waals surface area contributed by atoms with Crippen LogP contribution in [0.25, 0.3) is 0 Å². The highest BCUT2D eigenvalue weighted by atomic mass is 14.2. The van der Waals surface area contributed by atoms with Crippen molar-refractivity contribution in [1.29, 1.82) is 0 Å². The van der Waals surface area contributed by atoms with Crippen molar-refractivity contribution < 1.29 is 0 Å². The van der Waals surface area contributed by atoms with E-state index in [2.05, 4.69) is 27.7 Å². The van der Waals surface area contributed by atoms with E-state index in [1.165, 1.54) is 122 Å². The van der Waals surface area contributed by atoms with E-state index in [0.29, 0.717) is 0 Å². The molecule has 0 aromatic rings. The van der Waals surface area contributed by atoms with Gasteiger partial charge in [-0.2, -0.15) is 0 Å². The molecule has 0 heteroatoms. The normalized spacial score (nSPS) is 13.9. The molecular formula is C25H52. The molecule has 0 spiro atoms. The third-order valence-corrected chi connectivity index (χ3v) is 6.17. The quantitative estimate of drug-likeness (QED) is 0.191. The highest BCUT2D eigenvalue weighted by Gasteiger charge is 2.16. The summed E-state index contributed by atoms with van der Waals surface area (Å²) in [5, 5.41) is 0. The van der Waals surface area contributed by atoms with Gasteiger partial charge in [-0.15, -0.1) is 0 Å². The Kier molecular flexibility index (Phi) is 20.3. The monoisotopic (exact) mass is 352 g/mol. The average molecular weight is 353 g/mol. The minimum atomic E-state index is 0.962. The molecule has 0 aliphatic rings. The second-order valence-corrected chi connectivity index (χ2v) is 8.70. The third kappa shape index (κ3) is 17.2. The summed E-state index contributed by atoms with van der Waals surface area (Å²) in [4.78, 5) is 0. The number of rotatable bonds is 20. The van der Waals surface area contributed by atoms with Crippen LogP contribution in [0.1, 0.15) is 150 Å². The SMILES string of the molecule is CCCCCCCCC(C)C(CCCCCC)CCCCCCCC. The van der Waals surface area contributed by atoms with Crippen molar-refractivity contribution >= 4 is 0 Å². The van der Waals surface area contributed by atoms with Crippen molar-refractivity contribution in [2.75, 3.05) is 0 Å². The Bertz CT molecular complexity index is 232. The molecule has 0 aromatic heterocycles. The predicted molar refractivity (Wildman–Crippen MR) is 117 cm³/mol. The minimum Gasteiger partial charge on any atom is -0.0654 e. The maximum Gasteiger partial charge on any atom is -0.0388 e. The molecule has 0 aliphatic heterocycles. The zero-order valence-corrected chi connectivity index (χ0v) is 18.6. The smallest absolute Gasteiger partial charge is 0.0388 e. The summed E-state index contributed by atoms with van der Waals surface area (Å²) in [6.45, 7) is 9.52. The Morgan fingerprint density at radius 1 is 0.400 bits per heavy atom. The minimum absolute atomic E-state index is 0.962. The van der Waals surface area contributed by atoms with Gasteiger partial charge in [-0.05, 0) is 11.8 Å². The van der Waals surface area contributed by atoms with Crippen molar-refractivity contribution in [3.8, 4) is 0 Å². The fourth-order valence-corrected chi connectivity index (χ4v) is 4.22. The van der Waals surface area contributed by atoms with Gasteiger partial charge in [0.2, 0.25) is 0 Å². The first-order valence-corrected chi connectivity index (χ1v) is 12.3. The highest BCUT2D eigenvalue weighted by Crippen LogP contribution is 2.29. The van der Waals surface area contributed by atoms with Crippen LogP contribution < -0.4 is 0 Å². The molecular weight excluding hydrogens is 300 g/mol. The highest BCUT2D eigenvalue weighted by molar-refractivity contribution is 4.68. The van der Waals surface area contributed by atoms with Gasteiger partial charge in [0.15, 0.2) is 0 Å². The van der Waals surface area contributed by atoms with Gasteiger partial charge in [0.25, 0.3) is 0 Å². The molecule has 0 nitrogen and oxygen atoms in total. The summed E-state index contributed by atoms with van der Waals surface area (Å²) in [6, 6.07) is 0. The Morgan fingerprint density at radius 3 is 1.16 bits per heavy atom. The second kappa shape index (κ2) is 20.3. The van der Waals surface area contributed by atoms with Crippen molar-refractivity contribution in [2.45, 2.75) is 150 Å². The molecule has 0 saturated heterocycles. The lowest BCUT2D eigenvalue weighted by molar-refractivity contribution is 0.274. The van der Waals surface area contributed by atoms with E-state index in [1.807, 2.05) is 0 Å². The van der Waals surface area contributed by atoms with Gasteiger partial charge in [0.1, 0.15) is 0 Å². The molecule has 0 N–H and O–H groups in total. The maximum atomic E-state index is 2.56. The van der Waals surface area contributed by atoms with Crippen LogP contribution in [0.4, 0.5) is 0 Å². The molecule has 0 radical (unpaired) electrons. The van der Waals surface area contributed by atoms with E-state index in [4.69, 9.17) is 0 Å². The van der Waals surface area contributed by atoms with Crippen molar-refractivity contribution in [2.24, 2.45) is 11.8 Å². The lowest BCUT2D eigenvalue weighted by Gasteiger charge is -2.24. The Hall–Kier alpha value is 0. The van der Waals surface area contributed by atoms with Crippen molar-refractivity contribution in [3.63, 3.8) is 0 Å². The van der Waals surface area contributed by atoms with Crippen LogP contribution in [-0.4, -0.2) is 0 Å². The first-order valence-electron chi connectivity index (χ1n) is 12.3. The number of hydrogen-bond donors (Lipinski definition) is 0. The fourth-order valence-electron chi connectivity index (χ4n) is 4.22. The van der Waals surface area contributed by atoms with Gasteiger partial charge in [0, 0.05) is 0 Å². The molecule has 0 heterocycles. The summed E-state index contributed by atoms with van der Waals surface area (Å²) >= 11 is 0. The van der Waals surface area contributed by atoms with Crippen molar-refractivity contribution in [3.05, 3.63) is 0 Å². The summed E-state index contributed by atoms with van der Waals surface area (Å²) in [5.74, 6) is 1.97. The molecule has 152 valence electrons. The number of unbranched alkanes of at least 4 members (excludes halogenated alkanes) is 13. The molecule has 0 fully saturated rings. The Labute approximate surface area is 161 Å². The van der Waals surface area contributed by atoms with Crippen LogP contribution in [0.5, 0.6) is 0 Å². The van der Waals surface area contributed by atoms with Crippen LogP contribution in [0.3, 0.4) is 0 Å². The van der Waals surface area contributed by atoms with Gasteiger partial charge in [0.05, 0.1) is 0 Å². The fraction of sp³-hybridized carbons (Fsp3) is 1.00. The standard InChI is InChI=1S/C25H52/c1-5-8-11-14-16-18-21-24(4)25(22-19-13-10-7-3)23-20-17-15-12-9-6-2/h24-25H,5-23H2,1-4H3. The zero-order chi connectivity index (χ0) is 18.6. The van der Waals surface area contributed by atoms with E-state index < -0.39 is 0 Å². The molecule has 2 unspecified atom stereocenters. The van der Waals surface area contributed by atoms with E-state index in [9.17, 15) is 0 Å². The van der Waals surface area contributed by atoms with Gasteiger partial charge < -0.3 is 0 Å². The molecule has 25 heavy (non-hydrogen) atoms. The van der Waals surface area contributed by atoms with Gasteiger partial charge >= 0.3 is 0 Å². The van der Waals surface area contributed by atoms with Crippen LogP contribution in [0.15, 0.2) is 0 Å². The van der Waals surface area contributed by atoms with Crippen LogP contribution in [-0.2, 0) is 0 Å². The Morgan fingerprint density at radius 2 is 0.720 bits per heavy atom. The van der Waals surface area contributed by atoms with E-state index >= 15 is 0 Å². The average Bonchev–Trinajstić information content (AvgIpc) is 2.62. The summed E-state index contributed by atoms with van der Waals surface area (Å²) < 4.78 is 0. The van der Waals surface area contributed by atoms with E-state index in [1.54, 1.807) is 0 Å². The maximum absolute atomic E-state index is 2.56. The lowest BCUT2D eigenvalue weighted by Crippen LogP contribution is -2.12. The molecule has 0 rings (SSSR count). The first kappa shape index (κ1) is 25.0. The molecule has 0 aromatic carbocycles. The van der Waals surface area contributed by atoms with Gasteiger partial charge in [-0.1, -0.05) is 150 Å². The number of hydrogen-bond acceptors (Lipinski definition) is 0. The van der Waals surface area contributed by atoms with E-state index in [-0.39, 0.29) is 0 Å². The molecule has 0 saturated carbocycles. The topological polar surface area (TPSA) is 0 Å². The van der Waals surface area contributed by atoms with Gasteiger partial charge in [-0.25, -0.2) is 0 Å². The molecule has 0 amide bonds. The second-order valence-electron chi connectivity index (χ2n) is 8.70.